The van der Waals surface area contributed by atoms with Gasteiger partial charge in [-0.25, -0.2) is 4.98 Å². The summed E-state index contributed by atoms with van der Waals surface area (Å²) in [7, 11) is 0. The van der Waals surface area contributed by atoms with Crippen molar-refractivity contribution in [2.75, 3.05) is 0 Å². The third-order valence-corrected chi connectivity index (χ3v) is 2.94. The number of aliphatic carboxylic acids is 1. The minimum atomic E-state index is -0.751. The molecule has 0 spiro atoms. The molecule has 0 radical (unpaired) electrons. The lowest BCUT2D eigenvalue weighted by Crippen LogP contribution is -2.10. The number of carboxylic acid groups (broad SMARTS) is 1. The predicted molar refractivity (Wildman–Crippen MR) is 53.9 cm³/mol. The number of fused-ring (bicyclic) bond motifs is 3. The molecule has 2 heterocycles. The van der Waals surface area contributed by atoms with Gasteiger partial charge in [-0.3, -0.25) is 4.79 Å². The Morgan fingerprint density at radius 1 is 1.53 bits per heavy atom. The molecule has 2 aromatic rings. The van der Waals surface area contributed by atoms with Gasteiger partial charge in [-0.2, -0.15) is 0 Å². The summed E-state index contributed by atoms with van der Waals surface area (Å²) in [6.07, 6.45) is 3.32. The van der Waals surface area contributed by atoms with E-state index in [1.165, 1.54) is 0 Å². The highest BCUT2D eigenvalue weighted by atomic mass is 16.4. The van der Waals surface area contributed by atoms with Crippen molar-refractivity contribution in [1.82, 2.24) is 9.38 Å². The summed E-state index contributed by atoms with van der Waals surface area (Å²) >= 11 is 0. The zero-order chi connectivity index (χ0) is 10.4. The van der Waals surface area contributed by atoms with E-state index in [9.17, 15) is 4.79 Å². The number of imidazole rings is 1. The Bertz CT molecular complexity index is 545. The average molecular weight is 202 g/mol. The predicted octanol–water partition coefficient (Wildman–Crippen LogP) is 1.45. The van der Waals surface area contributed by atoms with E-state index < -0.39 is 11.9 Å². The molecule has 3 rings (SSSR count). The fourth-order valence-electron chi connectivity index (χ4n) is 2.27. The molecule has 0 saturated heterocycles. The maximum atomic E-state index is 11.1. The Morgan fingerprint density at radius 3 is 3.20 bits per heavy atom. The molecule has 76 valence electrons. The zero-order valence-corrected chi connectivity index (χ0v) is 8.05. The number of carbonyl (C=O) groups is 1. The maximum absolute atomic E-state index is 11.1. The van der Waals surface area contributed by atoms with E-state index in [-0.39, 0.29) is 0 Å². The van der Waals surface area contributed by atoms with Gasteiger partial charge in [0.05, 0.1) is 17.3 Å². The van der Waals surface area contributed by atoms with Crippen LogP contribution in [0.25, 0.3) is 5.65 Å². The molecule has 1 aliphatic carbocycles. The highest BCUT2D eigenvalue weighted by molar-refractivity contribution is 5.77. The summed E-state index contributed by atoms with van der Waals surface area (Å²) in [5.41, 5.74) is 2.64. The molecule has 0 fully saturated rings. The summed E-state index contributed by atoms with van der Waals surface area (Å²) in [6, 6.07) is 5.71. The lowest BCUT2D eigenvalue weighted by Gasteiger charge is -2.05. The lowest BCUT2D eigenvalue weighted by molar-refractivity contribution is -0.138. The summed E-state index contributed by atoms with van der Waals surface area (Å²) in [6.45, 7) is 0. The summed E-state index contributed by atoms with van der Waals surface area (Å²) in [5, 5.41) is 9.10. The molecule has 0 saturated carbocycles. The number of nitrogens with zero attached hydrogens (tertiary/aromatic N) is 2. The summed E-state index contributed by atoms with van der Waals surface area (Å²) < 4.78 is 1.89. The minimum absolute atomic E-state index is 0.391. The van der Waals surface area contributed by atoms with Crippen molar-refractivity contribution < 1.29 is 9.90 Å². The van der Waals surface area contributed by atoms with Crippen LogP contribution in [0.15, 0.2) is 24.4 Å². The Morgan fingerprint density at radius 2 is 2.40 bits per heavy atom. The largest absolute Gasteiger partial charge is 0.481 e. The van der Waals surface area contributed by atoms with Crippen LogP contribution in [0.5, 0.6) is 0 Å². The van der Waals surface area contributed by atoms with Crippen molar-refractivity contribution in [3.8, 4) is 0 Å². The smallest absolute Gasteiger partial charge is 0.312 e. The van der Waals surface area contributed by atoms with E-state index in [0.29, 0.717) is 6.42 Å². The summed E-state index contributed by atoms with van der Waals surface area (Å²) in [5.74, 6) is -1.14. The Labute approximate surface area is 86.2 Å². The molecule has 1 unspecified atom stereocenters. The van der Waals surface area contributed by atoms with Crippen molar-refractivity contribution in [3.63, 3.8) is 0 Å². The number of pyridine rings is 1. The molecule has 4 heteroatoms. The Hall–Kier alpha value is -1.84. The van der Waals surface area contributed by atoms with Crippen molar-refractivity contribution >= 4 is 11.6 Å². The molecule has 1 atom stereocenters. The summed E-state index contributed by atoms with van der Waals surface area (Å²) in [4.78, 5) is 15.5. The van der Waals surface area contributed by atoms with Crippen molar-refractivity contribution in [2.24, 2.45) is 0 Å². The number of carboxylic acids is 1. The van der Waals surface area contributed by atoms with Gasteiger partial charge in [0.15, 0.2) is 0 Å². The van der Waals surface area contributed by atoms with Crippen LogP contribution >= 0.6 is 0 Å². The third kappa shape index (κ3) is 1.08. The Balaban J connectivity index is 2.29. The van der Waals surface area contributed by atoms with E-state index in [1.807, 2.05) is 28.8 Å². The van der Waals surface area contributed by atoms with Crippen LogP contribution in [0.4, 0.5) is 0 Å². The second-order valence-electron chi connectivity index (χ2n) is 3.80. The van der Waals surface area contributed by atoms with Crippen LogP contribution in [-0.4, -0.2) is 20.5 Å². The molecule has 0 bridgehead atoms. The molecule has 4 nitrogen and oxygen atoms in total. The van der Waals surface area contributed by atoms with E-state index in [2.05, 4.69) is 4.98 Å². The van der Waals surface area contributed by atoms with E-state index in [0.717, 1.165) is 23.5 Å². The fraction of sp³-hybridized carbons (Fsp3) is 0.273. The quantitative estimate of drug-likeness (QED) is 0.761. The maximum Gasteiger partial charge on any atom is 0.312 e. The standard InChI is InChI=1S/C11H10N2O2/c14-11(15)7-4-5-8-10(7)13-6-2-1-3-9(13)12-8/h1-3,6-7H,4-5H2,(H,14,15). The molecular formula is C11H10N2O2. The van der Waals surface area contributed by atoms with Gasteiger partial charge in [-0.05, 0) is 25.0 Å². The van der Waals surface area contributed by atoms with E-state index >= 15 is 0 Å². The average Bonchev–Trinajstić information content (AvgIpc) is 2.74. The topological polar surface area (TPSA) is 54.6 Å². The highest BCUT2D eigenvalue weighted by Gasteiger charge is 2.32. The van der Waals surface area contributed by atoms with Crippen molar-refractivity contribution in [3.05, 3.63) is 35.8 Å². The SMILES string of the molecule is O=C(O)C1CCc2nc3ccccn3c21. The first-order valence-corrected chi connectivity index (χ1v) is 4.96. The first-order chi connectivity index (χ1) is 7.27. The van der Waals surface area contributed by atoms with Crippen LogP contribution in [-0.2, 0) is 11.2 Å². The van der Waals surface area contributed by atoms with Gasteiger partial charge in [-0.15, -0.1) is 0 Å². The number of hydrogen-bond acceptors (Lipinski definition) is 2. The second-order valence-corrected chi connectivity index (χ2v) is 3.80. The molecule has 15 heavy (non-hydrogen) atoms. The zero-order valence-electron chi connectivity index (χ0n) is 8.05. The number of aromatic nitrogens is 2. The first-order valence-electron chi connectivity index (χ1n) is 4.96. The van der Waals surface area contributed by atoms with Crippen LogP contribution in [0.3, 0.4) is 0 Å². The van der Waals surface area contributed by atoms with Crippen LogP contribution in [0.1, 0.15) is 23.7 Å². The van der Waals surface area contributed by atoms with Crippen LogP contribution in [0, 0.1) is 0 Å². The fourth-order valence-corrected chi connectivity index (χ4v) is 2.27. The monoisotopic (exact) mass is 202 g/mol. The number of hydrogen-bond donors (Lipinski definition) is 1. The lowest BCUT2D eigenvalue weighted by atomic mass is 10.1. The van der Waals surface area contributed by atoms with Gasteiger partial charge in [0, 0.05) is 6.20 Å². The first kappa shape index (κ1) is 8.47. The number of rotatable bonds is 1. The molecule has 0 aromatic carbocycles. The van der Waals surface area contributed by atoms with Crippen LogP contribution in [0.2, 0.25) is 0 Å². The van der Waals surface area contributed by atoms with Gasteiger partial charge >= 0.3 is 5.97 Å². The van der Waals surface area contributed by atoms with E-state index in [1.54, 1.807) is 0 Å². The van der Waals surface area contributed by atoms with Gasteiger partial charge in [0.2, 0.25) is 0 Å². The van der Waals surface area contributed by atoms with Crippen molar-refractivity contribution in [2.45, 2.75) is 18.8 Å². The molecule has 1 N–H and O–H groups in total. The third-order valence-electron chi connectivity index (χ3n) is 2.94. The minimum Gasteiger partial charge on any atom is -0.481 e. The molecule has 0 aliphatic heterocycles. The van der Waals surface area contributed by atoms with Gasteiger partial charge in [-0.1, -0.05) is 6.07 Å². The second kappa shape index (κ2) is 2.82. The Kier molecular flexibility index (Phi) is 1.59. The van der Waals surface area contributed by atoms with E-state index in [4.69, 9.17) is 5.11 Å². The van der Waals surface area contributed by atoms with Crippen LogP contribution < -0.4 is 0 Å². The molecule has 0 amide bonds. The molecule has 1 aliphatic rings. The number of aryl methyl sites for hydroxylation is 1. The highest BCUT2D eigenvalue weighted by Crippen LogP contribution is 2.33. The van der Waals surface area contributed by atoms with Gasteiger partial charge < -0.3 is 9.51 Å². The normalized spacial score (nSPS) is 19.3. The molecular weight excluding hydrogens is 192 g/mol. The molecule has 2 aromatic heterocycles. The van der Waals surface area contributed by atoms with Crippen molar-refractivity contribution in [1.29, 1.82) is 0 Å². The van der Waals surface area contributed by atoms with Gasteiger partial charge in [0.25, 0.3) is 0 Å². The van der Waals surface area contributed by atoms with Gasteiger partial charge in [0.1, 0.15) is 5.65 Å².